The Hall–Kier alpha value is -4.19. The molecule has 0 aliphatic carbocycles. The minimum absolute atomic E-state index is 0.0474. The molecule has 0 saturated carbocycles. The number of hydrogen-bond donors (Lipinski definition) is 1. The predicted molar refractivity (Wildman–Crippen MR) is 137 cm³/mol. The summed E-state index contributed by atoms with van der Waals surface area (Å²) in [5.74, 6) is 1.41. The van der Waals surface area contributed by atoms with Crippen molar-refractivity contribution in [3.63, 3.8) is 0 Å². The highest BCUT2D eigenvalue weighted by Crippen LogP contribution is 2.30. The number of aromatic amines is 1. The first-order chi connectivity index (χ1) is 17.2. The molecule has 1 N–H and O–H groups in total. The van der Waals surface area contributed by atoms with Crippen LogP contribution in [0.5, 0.6) is 0 Å². The van der Waals surface area contributed by atoms with E-state index < -0.39 is 0 Å². The molecule has 0 radical (unpaired) electrons. The number of hydrogen-bond acceptors (Lipinski definition) is 3. The molecule has 5 aromatic rings. The topological polar surface area (TPSA) is 66.8 Å². The van der Waals surface area contributed by atoms with Crippen LogP contribution >= 0.6 is 0 Å². The number of fused-ring (bicyclic) bond motifs is 1. The molecular formula is C29H27N5O. The number of carbonyl (C=O) groups excluding carboxylic acids is 1. The number of rotatable bonds is 5. The van der Waals surface area contributed by atoms with Crippen LogP contribution in [0.4, 0.5) is 0 Å². The van der Waals surface area contributed by atoms with Crippen molar-refractivity contribution in [3.8, 4) is 11.3 Å². The third-order valence-electron chi connectivity index (χ3n) is 6.80. The summed E-state index contributed by atoms with van der Waals surface area (Å²) >= 11 is 0. The number of likely N-dealkylation sites (tertiary alicyclic amines) is 1. The Kier molecular flexibility index (Phi) is 5.62. The maximum Gasteiger partial charge on any atom is 0.257 e. The second-order valence-corrected chi connectivity index (χ2v) is 9.15. The number of aromatic nitrogens is 4. The molecule has 1 amide bonds. The van der Waals surface area contributed by atoms with E-state index in [1.807, 2.05) is 82.5 Å². The molecule has 0 bridgehead atoms. The van der Waals surface area contributed by atoms with E-state index >= 15 is 0 Å². The summed E-state index contributed by atoms with van der Waals surface area (Å²) in [6.45, 7) is 2.04. The molecule has 6 heteroatoms. The largest absolute Gasteiger partial charge is 0.342 e. The second kappa shape index (κ2) is 9.22. The number of piperidine rings is 1. The van der Waals surface area contributed by atoms with Crippen molar-refractivity contribution in [2.75, 3.05) is 13.1 Å². The molecule has 1 fully saturated rings. The van der Waals surface area contributed by atoms with Crippen LogP contribution < -0.4 is 0 Å². The van der Waals surface area contributed by atoms with E-state index in [0.29, 0.717) is 31.1 Å². The van der Waals surface area contributed by atoms with Gasteiger partial charge >= 0.3 is 0 Å². The van der Waals surface area contributed by atoms with Crippen molar-refractivity contribution in [1.82, 2.24) is 24.6 Å². The maximum absolute atomic E-state index is 13.7. The monoisotopic (exact) mass is 461 g/mol. The van der Waals surface area contributed by atoms with Crippen LogP contribution in [0, 0.1) is 0 Å². The molecule has 0 unspecified atom stereocenters. The summed E-state index contributed by atoms with van der Waals surface area (Å²) in [6.07, 6.45) is 3.69. The predicted octanol–water partition coefficient (Wildman–Crippen LogP) is 5.49. The number of nitrogens with one attached hydrogen (secondary N) is 1. The molecule has 6 rings (SSSR count). The smallest absolute Gasteiger partial charge is 0.257 e. The molecule has 6 nitrogen and oxygen atoms in total. The first-order valence-electron chi connectivity index (χ1n) is 12.2. The van der Waals surface area contributed by atoms with Gasteiger partial charge in [-0.15, -0.1) is 0 Å². The SMILES string of the molecule is O=C(c1cn(Cc2ccccc2)nc1-c1ccccc1)N1CCC(c2nc3ccccc3[nH]2)CC1. The lowest BCUT2D eigenvalue weighted by molar-refractivity contribution is 0.0712. The van der Waals surface area contributed by atoms with E-state index in [9.17, 15) is 4.79 Å². The summed E-state index contributed by atoms with van der Waals surface area (Å²) < 4.78 is 1.88. The van der Waals surface area contributed by atoms with Crippen LogP contribution in [0.1, 0.15) is 40.5 Å². The molecule has 1 aliphatic rings. The Balaban J connectivity index is 1.23. The number of para-hydroxylation sites is 2. The lowest BCUT2D eigenvalue weighted by Crippen LogP contribution is -2.38. The average molecular weight is 462 g/mol. The summed E-state index contributed by atoms with van der Waals surface area (Å²) in [5.41, 5.74) is 5.58. The van der Waals surface area contributed by atoms with E-state index in [0.717, 1.165) is 46.5 Å². The Morgan fingerprint density at radius 3 is 2.31 bits per heavy atom. The van der Waals surface area contributed by atoms with Crippen LogP contribution in [0.15, 0.2) is 91.1 Å². The van der Waals surface area contributed by atoms with Gasteiger partial charge in [0.2, 0.25) is 0 Å². The van der Waals surface area contributed by atoms with Crippen LogP contribution in [-0.4, -0.2) is 43.6 Å². The average Bonchev–Trinajstić information content (AvgIpc) is 3.54. The lowest BCUT2D eigenvalue weighted by atomic mass is 9.95. The zero-order chi connectivity index (χ0) is 23.6. The molecule has 2 aromatic heterocycles. The third-order valence-corrected chi connectivity index (χ3v) is 6.80. The molecule has 174 valence electrons. The molecule has 0 atom stereocenters. The van der Waals surface area contributed by atoms with E-state index in [2.05, 4.69) is 23.2 Å². The molecule has 3 heterocycles. The highest BCUT2D eigenvalue weighted by atomic mass is 16.2. The van der Waals surface area contributed by atoms with Crippen LogP contribution in [0.2, 0.25) is 0 Å². The third kappa shape index (κ3) is 4.35. The van der Waals surface area contributed by atoms with Crippen molar-refractivity contribution in [2.24, 2.45) is 0 Å². The summed E-state index contributed by atoms with van der Waals surface area (Å²) in [7, 11) is 0. The Morgan fingerprint density at radius 2 is 1.57 bits per heavy atom. The first kappa shape index (κ1) is 21.4. The van der Waals surface area contributed by atoms with Gasteiger partial charge in [-0.2, -0.15) is 5.10 Å². The van der Waals surface area contributed by atoms with Crippen molar-refractivity contribution in [1.29, 1.82) is 0 Å². The van der Waals surface area contributed by atoms with E-state index in [1.54, 1.807) is 0 Å². The lowest BCUT2D eigenvalue weighted by Gasteiger charge is -2.31. The van der Waals surface area contributed by atoms with Gasteiger partial charge in [0.1, 0.15) is 11.5 Å². The molecule has 1 saturated heterocycles. The molecule has 0 spiro atoms. The highest BCUT2D eigenvalue weighted by Gasteiger charge is 2.29. The highest BCUT2D eigenvalue weighted by molar-refractivity contribution is 5.99. The maximum atomic E-state index is 13.7. The van der Waals surface area contributed by atoms with Gasteiger partial charge in [-0.1, -0.05) is 72.8 Å². The fraction of sp³-hybridized carbons (Fsp3) is 0.207. The molecule has 1 aliphatic heterocycles. The van der Waals surface area contributed by atoms with Gasteiger partial charge in [0.25, 0.3) is 5.91 Å². The number of carbonyl (C=O) groups is 1. The Labute approximate surface area is 204 Å². The fourth-order valence-electron chi connectivity index (χ4n) is 4.93. The van der Waals surface area contributed by atoms with E-state index in [4.69, 9.17) is 10.1 Å². The molecule has 35 heavy (non-hydrogen) atoms. The minimum Gasteiger partial charge on any atom is -0.342 e. The van der Waals surface area contributed by atoms with Crippen molar-refractivity contribution >= 4 is 16.9 Å². The first-order valence-corrected chi connectivity index (χ1v) is 12.2. The molecular weight excluding hydrogens is 434 g/mol. The summed E-state index contributed by atoms with van der Waals surface area (Å²) in [4.78, 5) is 23.9. The Bertz CT molecular complexity index is 1410. The van der Waals surface area contributed by atoms with Crippen LogP contribution in [0.3, 0.4) is 0 Å². The zero-order valence-corrected chi connectivity index (χ0v) is 19.5. The van der Waals surface area contributed by atoms with Gasteiger partial charge in [-0.3, -0.25) is 9.48 Å². The van der Waals surface area contributed by atoms with Crippen molar-refractivity contribution in [2.45, 2.75) is 25.3 Å². The van der Waals surface area contributed by atoms with E-state index in [1.165, 1.54) is 0 Å². The van der Waals surface area contributed by atoms with Crippen molar-refractivity contribution < 1.29 is 4.79 Å². The normalized spacial score (nSPS) is 14.5. The van der Waals surface area contributed by atoms with Crippen LogP contribution in [-0.2, 0) is 6.54 Å². The van der Waals surface area contributed by atoms with Gasteiger partial charge < -0.3 is 9.88 Å². The second-order valence-electron chi connectivity index (χ2n) is 9.15. The standard InChI is InChI=1S/C29H27N5O/c35-29(33-17-15-23(16-18-33)28-30-25-13-7-8-14-26(25)31-28)24-20-34(19-21-9-3-1-4-10-21)32-27(24)22-11-5-2-6-12-22/h1-14,20,23H,15-19H2,(H,30,31). The number of amides is 1. The number of nitrogens with zero attached hydrogens (tertiary/aromatic N) is 4. The van der Waals surface area contributed by atoms with Crippen molar-refractivity contribution in [3.05, 3.63) is 108 Å². The van der Waals surface area contributed by atoms with Gasteiger partial charge in [-0.25, -0.2) is 4.98 Å². The molecule has 3 aromatic carbocycles. The summed E-state index contributed by atoms with van der Waals surface area (Å²) in [6, 6.07) is 28.3. The minimum atomic E-state index is 0.0474. The van der Waals surface area contributed by atoms with Gasteiger partial charge in [0.15, 0.2) is 0 Å². The van der Waals surface area contributed by atoms with E-state index in [-0.39, 0.29) is 5.91 Å². The van der Waals surface area contributed by atoms with Gasteiger partial charge in [0.05, 0.1) is 23.1 Å². The zero-order valence-electron chi connectivity index (χ0n) is 19.5. The van der Waals surface area contributed by atoms with Gasteiger partial charge in [0, 0.05) is 30.8 Å². The quantitative estimate of drug-likeness (QED) is 0.376. The number of benzene rings is 3. The van der Waals surface area contributed by atoms with Crippen LogP contribution in [0.25, 0.3) is 22.3 Å². The summed E-state index contributed by atoms with van der Waals surface area (Å²) in [5, 5.41) is 4.83. The Morgan fingerprint density at radius 1 is 0.886 bits per heavy atom. The van der Waals surface area contributed by atoms with Gasteiger partial charge in [-0.05, 0) is 30.5 Å². The fourth-order valence-corrected chi connectivity index (χ4v) is 4.93. The number of H-pyrrole nitrogens is 1. The number of imidazole rings is 1.